The fourth-order valence-electron chi connectivity index (χ4n) is 2.12. The van der Waals surface area contributed by atoms with Gasteiger partial charge in [0.05, 0.1) is 0 Å². The van der Waals surface area contributed by atoms with Gasteiger partial charge >= 0.3 is 41.6 Å². The molecule has 0 N–H and O–H groups in total. The first-order valence-corrected chi connectivity index (χ1v) is 16.8. The molecule has 4 aliphatic rings. The van der Waals surface area contributed by atoms with Crippen LogP contribution in [0.5, 0.6) is 0 Å². The van der Waals surface area contributed by atoms with Crippen LogP contribution in [0, 0.1) is 13.8 Å². The summed E-state index contributed by atoms with van der Waals surface area (Å²) in [5.41, 5.74) is 5.78. The monoisotopic (exact) mass is 578 g/mol. The Morgan fingerprint density at radius 3 is 1.42 bits per heavy atom. The van der Waals surface area contributed by atoms with Crippen molar-refractivity contribution in [2.45, 2.75) is 26.9 Å². The Bertz CT molecular complexity index is 666. The molecule has 2 aliphatic carbocycles. The maximum atomic E-state index is 2.33. The van der Waals surface area contributed by atoms with Gasteiger partial charge in [0.15, 0.2) is 0 Å². The van der Waals surface area contributed by atoms with E-state index in [1.807, 2.05) is 22.7 Å². The van der Waals surface area contributed by atoms with Gasteiger partial charge < -0.3 is 24.8 Å². The zero-order chi connectivity index (χ0) is 16.1. The summed E-state index contributed by atoms with van der Waals surface area (Å²) >= 11 is 5.07. The molecule has 0 bridgehead atoms. The number of rotatable bonds is 0. The third-order valence-corrected chi connectivity index (χ3v) is 4.70. The van der Waals surface area contributed by atoms with Crippen LogP contribution in [0.1, 0.15) is 11.1 Å². The van der Waals surface area contributed by atoms with Crippen molar-refractivity contribution in [2.75, 3.05) is 0 Å². The van der Waals surface area contributed by atoms with Crippen LogP contribution in [-0.2, 0) is 23.0 Å². The molecular weight excluding hydrogens is 558 g/mol. The van der Waals surface area contributed by atoms with E-state index < -0.39 is 0 Å². The molecule has 128 valence electrons. The maximum absolute atomic E-state index is 2.33. The van der Waals surface area contributed by atoms with E-state index in [1.54, 1.807) is 0 Å². The van der Waals surface area contributed by atoms with Crippen LogP contribution >= 0.6 is 22.7 Å². The van der Waals surface area contributed by atoms with Gasteiger partial charge in [-0.2, -0.15) is 23.3 Å². The van der Waals surface area contributed by atoms with E-state index in [4.69, 9.17) is 0 Å². The first kappa shape index (κ1) is 24.3. The smallest absolute Gasteiger partial charge is 0.0418 e. The van der Waals surface area contributed by atoms with Crippen molar-refractivity contribution >= 4 is 28.2 Å². The first-order chi connectivity index (χ1) is 10.5. The van der Waals surface area contributed by atoms with Gasteiger partial charge in [-0.15, -0.1) is 44.8 Å². The Hall–Kier alpha value is 0.287. The van der Waals surface area contributed by atoms with Gasteiger partial charge in [-0.05, 0) is 13.8 Å². The van der Waals surface area contributed by atoms with Crippen molar-refractivity contribution in [3.8, 4) is 20.9 Å². The quantitative estimate of drug-likeness (QED) is 0.212. The summed E-state index contributed by atoms with van der Waals surface area (Å²) in [5.74, 6) is 0. The molecule has 2 aliphatic heterocycles. The maximum Gasteiger partial charge on any atom is -0.0418 e. The predicted molar refractivity (Wildman–Crippen MR) is 100 cm³/mol. The standard InChI is InChI=1S/2C8H7S.C2H6Si.2ClH.Hf/c2*1-6-4-7-2-3-9-8(7)5-6;1-3-2;;;/h2*2-5H,1H3;1-2H3;2*1H;/q2*-1;;;;+2/p-2. The molecule has 0 spiro atoms. The molecule has 0 amide bonds. The second-order valence-corrected chi connectivity index (χ2v) is 20.2. The third-order valence-electron chi connectivity index (χ3n) is 2.94. The SMILES string of the molecule is C[Si](C)=[Hf+2].Cc1cc2c[cH-]sc-2c1.Cc1cc2c[cH-]sc-2c1.[Cl-].[Cl-]. The summed E-state index contributed by atoms with van der Waals surface area (Å²) in [6, 6.07) is 13.2. The van der Waals surface area contributed by atoms with Gasteiger partial charge in [-0.3, -0.25) is 22.7 Å². The molecule has 0 atom stereocenters. The second-order valence-electron chi connectivity index (χ2n) is 5.55. The van der Waals surface area contributed by atoms with E-state index in [-0.39, 0.29) is 30.3 Å². The van der Waals surface area contributed by atoms with Gasteiger partial charge in [0.2, 0.25) is 0 Å². The van der Waals surface area contributed by atoms with E-state index >= 15 is 0 Å². The topological polar surface area (TPSA) is 0 Å². The number of hydrogen-bond donors (Lipinski definition) is 0. The zero-order valence-electron chi connectivity index (χ0n) is 14.2. The molecule has 0 aromatic carbocycles. The van der Waals surface area contributed by atoms with Crippen LogP contribution in [0.4, 0.5) is 0 Å². The van der Waals surface area contributed by atoms with Gasteiger partial charge in [-0.25, -0.2) is 0 Å². The molecule has 0 radical (unpaired) electrons. The van der Waals surface area contributed by atoms with Crippen LogP contribution in [0.2, 0.25) is 13.1 Å². The molecule has 2 heterocycles. The average molecular weight is 578 g/mol. The van der Waals surface area contributed by atoms with Crippen LogP contribution in [0.3, 0.4) is 0 Å². The Morgan fingerprint density at radius 1 is 0.792 bits per heavy atom. The van der Waals surface area contributed by atoms with Gasteiger partial charge in [-0.1, -0.05) is 11.1 Å². The minimum Gasteiger partial charge on any atom is -1.00 e. The minimum atomic E-state index is 0. The van der Waals surface area contributed by atoms with Crippen molar-refractivity contribution in [3.63, 3.8) is 0 Å². The van der Waals surface area contributed by atoms with Crippen LogP contribution in [0.15, 0.2) is 47.2 Å². The Kier molecular flexibility index (Phi) is 12.0. The van der Waals surface area contributed by atoms with E-state index in [2.05, 4.69) is 74.1 Å². The first-order valence-electron chi connectivity index (χ1n) is 7.18. The Morgan fingerprint density at radius 2 is 1.12 bits per heavy atom. The fourth-order valence-corrected chi connectivity index (χ4v) is 3.88. The Labute approximate surface area is 180 Å². The van der Waals surface area contributed by atoms with Crippen LogP contribution in [0.25, 0.3) is 20.9 Å². The minimum absolute atomic E-state index is 0. The van der Waals surface area contributed by atoms with Crippen LogP contribution in [-0.4, -0.2) is 5.49 Å². The van der Waals surface area contributed by atoms with Crippen LogP contribution < -0.4 is 24.8 Å². The number of thiophene rings is 2. The van der Waals surface area contributed by atoms with E-state index in [0.29, 0.717) is 0 Å². The number of hydrogen-bond acceptors (Lipinski definition) is 2. The fraction of sp³-hybridized carbons (Fsp3) is 0.222. The Balaban J connectivity index is 0.000000341. The average Bonchev–Trinajstić information content (AvgIpc) is 3.08. The molecule has 0 fully saturated rings. The molecule has 0 saturated carbocycles. The molecule has 0 unspecified atom stereocenters. The molecule has 0 saturated heterocycles. The normalized spacial score (nSPS) is 9.25. The molecule has 0 nitrogen and oxygen atoms in total. The predicted octanol–water partition coefficient (Wildman–Crippen LogP) is 0.553. The number of aryl methyl sites for hydroxylation is 2. The van der Waals surface area contributed by atoms with Crippen molar-refractivity contribution in [2.24, 2.45) is 0 Å². The van der Waals surface area contributed by atoms with Gasteiger partial charge in [0, 0.05) is 0 Å². The van der Waals surface area contributed by atoms with Gasteiger partial charge in [0.25, 0.3) is 0 Å². The summed E-state index contributed by atoms with van der Waals surface area (Å²) in [7, 11) is 0. The second kappa shape index (κ2) is 11.8. The van der Waals surface area contributed by atoms with E-state index in [9.17, 15) is 0 Å². The summed E-state index contributed by atoms with van der Waals surface area (Å²) < 4.78 is 0. The largest absolute Gasteiger partial charge is 1.00 e. The number of fused-ring (bicyclic) bond motifs is 2. The molecule has 0 aromatic rings. The molecule has 6 heteroatoms. The van der Waals surface area contributed by atoms with E-state index in [1.165, 1.54) is 55.0 Å². The molecule has 0 aromatic heterocycles. The summed E-state index contributed by atoms with van der Waals surface area (Å²) in [6.45, 7) is 8.92. The van der Waals surface area contributed by atoms with Crippen molar-refractivity contribution in [3.05, 3.63) is 58.3 Å². The van der Waals surface area contributed by atoms with Crippen molar-refractivity contribution < 1.29 is 47.8 Å². The zero-order valence-corrected chi connectivity index (χ0v) is 21.9. The number of halogens is 2. The van der Waals surface area contributed by atoms with Crippen molar-refractivity contribution in [1.82, 2.24) is 0 Å². The molecule has 24 heavy (non-hydrogen) atoms. The third kappa shape index (κ3) is 7.67. The van der Waals surface area contributed by atoms with Crippen molar-refractivity contribution in [1.29, 1.82) is 0 Å². The van der Waals surface area contributed by atoms with E-state index in [0.717, 1.165) is 0 Å². The summed E-state index contributed by atoms with van der Waals surface area (Å²) in [5, 5.41) is 4.26. The summed E-state index contributed by atoms with van der Waals surface area (Å²) in [6.07, 6.45) is 0. The molecule has 4 rings (SSSR count). The molecular formula is C18H20Cl2HfS2Si-2. The summed E-state index contributed by atoms with van der Waals surface area (Å²) in [4.78, 5) is 2.82. The van der Waals surface area contributed by atoms with Gasteiger partial charge in [0.1, 0.15) is 0 Å².